The summed E-state index contributed by atoms with van der Waals surface area (Å²) in [6, 6.07) is 0. The van der Waals surface area contributed by atoms with Gasteiger partial charge in [0.1, 0.15) is 0 Å². The third-order valence-electron chi connectivity index (χ3n) is 1.42. The molecule has 0 spiro atoms. The summed E-state index contributed by atoms with van der Waals surface area (Å²) in [5.74, 6) is -1.31. The van der Waals surface area contributed by atoms with Gasteiger partial charge in [-0.25, -0.2) is 9.18 Å². The normalized spacial score (nSPS) is 12.4. The zero-order valence-corrected chi connectivity index (χ0v) is 7.36. The SMILES string of the molecule is C=C(C(=O)O)/C(C)=C\C(=C\F)[N+](=O)[O-]. The monoisotopic (exact) mass is 201 g/mol. The second-order valence-electron chi connectivity index (χ2n) is 2.40. The van der Waals surface area contributed by atoms with Crippen LogP contribution in [-0.4, -0.2) is 16.0 Å². The Balaban J connectivity index is 4.93. The largest absolute Gasteiger partial charge is 0.478 e. The van der Waals surface area contributed by atoms with Gasteiger partial charge in [0.15, 0.2) is 6.33 Å². The molecular weight excluding hydrogens is 193 g/mol. The van der Waals surface area contributed by atoms with Crippen LogP contribution in [0.5, 0.6) is 0 Å². The molecule has 5 nitrogen and oxygen atoms in total. The Morgan fingerprint density at radius 2 is 2.14 bits per heavy atom. The lowest BCUT2D eigenvalue weighted by Crippen LogP contribution is -2.02. The van der Waals surface area contributed by atoms with Crippen LogP contribution < -0.4 is 0 Å². The van der Waals surface area contributed by atoms with Crippen molar-refractivity contribution in [2.45, 2.75) is 6.92 Å². The van der Waals surface area contributed by atoms with Crippen molar-refractivity contribution in [2.24, 2.45) is 0 Å². The minimum atomic E-state index is -1.31. The van der Waals surface area contributed by atoms with E-state index in [1.54, 1.807) is 0 Å². The number of halogens is 1. The highest BCUT2D eigenvalue weighted by Crippen LogP contribution is 2.11. The van der Waals surface area contributed by atoms with E-state index in [-0.39, 0.29) is 17.5 Å². The highest BCUT2D eigenvalue weighted by atomic mass is 19.1. The number of carboxylic acid groups (broad SMARTS) is 1. The summed E-state index contributed by atoms with van der Waals surface area (Å²) in [5.41, 5.74) is -1.10. The predicted molar refractivity (Wildman–Crippen MR) is 46.7 cm³/mol. The van der Waals surface area contributed by atoms with Gasteiger partial charge in [-0.3, -0.25) is 10.1 Å². The summed E-state index contributed by atoms with van der Waals surface area (Å²) in [5, 5.41) is 18.6. The first-order valence-corrected chi connectivity index (χ1v) is 3.45. The summed E-state index contributed by atoms with van der Waals surface area (Å²) >= 11 is 0. The Hall–Kier alpha value is -1.98. The lowest BCUT2D eigenvalue weighted by molar-refractivity contribution is -0.420. The van der Waals surface area contributed by atoms with Crippen LogP contribution >= 0.6 is 0 Å². The van der Waals surface area contributed by atoms with Gasteiger partial charge in [0.05, 0.1) is 10.5 Å². The van der Waals surface area contributed by atoms with Crippen molar-refractivity contribution in [3.05, 3.63) is 45.9 Å². The number of aliphatic carboxylic acids is 1. The Morgan fingerprint density at radius 1 is 1.64 bits per heavy atom. The van der Waals surface area contributed by atoms with Gasteiger partial charge in [0.2, 0.25) is 0 Å². The van der Waals surface area contributed by atoms with E-state index in [2.05, 4.69) is 6.58 Å². The number of hydrogen-bond donors (Lipinski definition) is 1. The minimum absolute atomic E-state index is 0.0260. The summed E-state index contributed by atoms with van der Waals surface area (Å²) < 4.78 is 11.9. The number of allylic oxidation sites excluding steroid dienone is 1. The molecule has 0 aromatic heterocycles. The van der Waals surface area contributed by atoms with Crippen LogP contribution in [0.15, 0.2) is 35.8 Å². The number of rotatable bonds is 4. The molecule has 0 saturated carbocycles. The number of nitrogens with zero attached hydrogens (tertiary/aromatic N) is 1. The van der Waals surface area contributed by atoms with E-state index in [0.717, 1.165) is 6.08 Å². The van der Waals surface area contributed by atoms with Crippen LogP contribution in [0, 0.1) is 10.1 Å². The second-order valence-corrected chi connectivity index (χ2v) is 2.40. The van der Waals surface area contributed by atoms with Crippen molar-refractivity contribution in [3.8, 4) is 0 Å². The van der Waals surface area contributed by atoms with Gasteiger partial charge in [-0.2, -0.15) is 0 Å². The van der Waals surface area contributed by atoms with E-state index < -0.39 is 16.6 Å². The van der Waals surface area contributed by atoms with E-state index in [9.17, 15) is 19.3 Å². The molecule has 0 heterocycles. The first-order valence-electron chi connectivity index (χ1n) is 3.45. The van der Waals surface area contributed by atoms with Crippen LogP contribution in [0.1, 0.15) is 6.92 Å². The fourth-order valence-corrected chi connectivity index (χ4v) is 0.602. The highest BCUT2D eigenvalue weighted by molar-refractivity contribution is 5.90. The molecule has 0 amide bonds. The molecule has 0 aromatic carbocycles. The van der Waals surface area contributed by atoms with Gasteiger partial charge in [-0.05, 0) is 12.5 Å². The first-order chi connectivity index (χ1) is 6.40. The van der Waals surface area contributed by atoms with Gasteiger partial charge in [0.25, 0.3) is 5.70 Å². The predicted octanol–water partition coefficient (Wildman–Crippen LogP) is 1.66. The fraction of sp³-hybridized carbons (Fsp3) is 0.125. The van der Waals surface area contributed by atoms with Crippen LogP contribution in [0.25, 0.3) is 0 Å². The molecule has 0 bridgehead atoms. The standard InChI is InChI=1S/C8H8FNO4/c1-5(6(2)8(11)12)3-7(4-9)10(13)14/h3-4H,2H2,1H3,(H,11,12)/b5-3-,7-4-. The van der Waals surface area contributed by atoms with Gasteiger partial charge >= 0.3 is 5.97 Å². The lowest BCUT2D eigenvalue weighted by Gasteiger charge is -1.98. The first kappa shape index (κ1) is 12.0. The Labute approximate surface area is 79.0 Å². The maximum Gasteiger partial charge on any atom is 0.335 e. The van der Waals surface area contributed by atoms with Crippen molar-refractivity contribution in [3.63, 3.8) is 0 Å². The third-order valence-corrected chi connectivity index (χ3v) is 1.42. The number of carboxylic acids is 1. The Morgan fingerprint density at radius 3 is 2.43 bits per heavy atom. The van der Waals surface area contributed by atoms with Crippen molar-refractivity contribution in [1.29, 1.82) is 0 Å². The van der Waals surface area contributed by atoms with E-state index in [1.165, 1.54) is 6.92 Å². The molecular formula is C8H8FNO4. The topological polar surface area (TPSA) is 80.4 Å². The molecule has 0 fully saturated rings. The van der Waals surface area contributed by atoms with E-state index in [1.807, 2.05) is 0 Å². The molecule has 0 aliphatic rings. The maximum absolute atomic E-state index is 11.9. The fourth-order valence-electron chi connectivity index (χ4n) is 0.602. The smallest absolute Gasteiger partial charge is 0.335 e. The average molecular weight is 201 g/mol. The molecule has 0 saturated heterocycles. The summed E-state index contributed by atoms with van der Waals surface area (Å²) in [6.07, 6.45) is 0.592. The van der Waals surface area contributed by atoms with Crippen molar-refractivity contribution < 1.29 is 19.2 Å². The third kappa shape index (κ3) is 3.18. The summed E-state index contributed by atoms with van der Waals surface area (Å²) in [7, 11) is 0. The second kappa shape index (κ2) is 4.90. The van der Waals surface area contributed by atoms with Crippen molar-refractivity contribution >= 4 is 5.97 Å². The van der Waals surface area contributed by atoms with E-state index in [4.69, 9.17) is 5.11 Å². The molecule has 0 atom stereocenters. The lowest BCUT2D eigenvalue weighted by atomic mass is 10.1. The minimum Gasteiger partial charge on any atom is -0.478 e. The molecule has 6 heteroatoms. The van der Waals surface area contributed by atoms with Gasteiger partial charge in [0, 0.05) is 6.08 Å². The van der Waals surface area contributed by atoms with Crippen LogP contribution in [0.4, 0.5) is 4.39 Å². The number of nitro groups is 1. The Bertz CT molecular complexity index is 343. The average Bonchev–Trinajstić information content (AvgIpc) is 2.11. The molecule has 0 radical (unpaired) electrons. The number of carbonyl (C=O) groups is 1. The molecule has 0 unspecified atom stereocenters. The Kier molecular flexibility index (Phi) is 4.21. The van der Waals surface area contributed by atoms with E-state index >= 15 is 0 Å². The highest BCUT2D eigenvalue weighted by Gasteiger charge is 2.11. The van der Waals surface area contributed by atoms with Gasteiger partial charge in [-0.15, -0.1) is 0 Å². The van der Waals surface area contributed by atoms with Crippen LogP contribution in [0.3, 0.4) is 0 Å². The quantitative estimate of drug-likeness (QED) is 0.324. The molecule has 0 aliphatic carbocycles. The van der Waals surface area contributed by atoms with Crippen molar-refractivity contribution in [2.75, 3.05) is 0 Å². The van der Waals surface area contributed by atoms with Crippen molar-refractivity contribution in [1.82, 2.24) is 0 Å². The molecule has 1 N–H and O–H groups in total. The van der Waals surface area contributed by atoms with Gasteiger partial charge < -0.3 is 5.11 Å². The molecule has 0 aliphatic heterocycles. The molecule has 76 valence electrons. The zero-order valence-electron chi connectivity index (χ0n) is 7.36. The maximum atomic E-state index is 11.9. The molecule has 14 heavy (non-hydrogen) atoms. The molecule has 0 rings (SSSR count). The van der Waals surface area contributed by atoms with Crippen LogP contribution in [-0.2, 0) is 4.79 Å². The van der Waals surface area contributed by atoms with Crippen LogP contribution in [0.2, 0.25) is 0 Å². The van der Waals surface area contributed by atoms with E-state index in [0.29, 0.717) is 0 Å². The summed E-state index contributed by atoms with van der Waals surface area (Å²) in [6.45, 7) is 4.46. The van der Waals surface area contributed by atoms with Gasteiger partial charge in [-0.1, -0.05) is 6.58 Å². The number of hydrogen-bond acceptors (Lipinski definition) is 3. The molecule has 0 aromatic rings. The summed E-state index contributed by atoms with van der Waals surface area (Å²) in [4.78, 5) is 19.5. The zero-order chi connectivity index (χ0) is 11.3.